The minimum absolute atomic E-state index is 0.0414. The van der Waals surface area contributed by atoms with Gasteiger partial charge in [0.05, 0.1) is 23.6 Å². The fourth-order valence-electron chi connectivity index (χ4n) is 2.49. The molecule has 0 spiro atoms. The summed E-state index contributed by atoms with van der Waals surface area (Å²) < 4.78 is 29.8. The highest BCUT2D eigenvalue weighted by Gasteiger charge is 2.18. The maximum absolute atomic E-state index is 13.5. The first-order chi connectivity index (χ1) is 11.1. The van der Waals surface area contributed by atoms with Gasteiger partial charge in [0, 0.05) is 12.7 Å². The van der Waals surface area contributed by atoms with Crippen molar-refractivity contribution in [2.24, 2.45) is 0 Å². The van der Waals surface area contributed by atoms with E-state index in [0.29, 0.717) is 23.7 Å². The molecule has 1 aliphatic rings. The van der Waals surface area contributed by atoms with Crippen LogP contribution in [0.3, 0.4) is 0 Å². The number of hydrogen-bond acceptors (Lipinski definition) is 4. The number of furan rings is 1. The molecule has 5 nitrogen and oxygen atoms in total. The number of hydrogen-bond donors (Lipinski definition) is 1. The van der Waals surface area contributed by atoms with E-state index < -0.39 is 5.82 Å². The molecule has 1 saturated heterocycles. The van der Waals surface area contributed by atoms with Crippen molar-refractivity contribution in [3.05, 3.63) is 47.7 Å². The Bertz CT molecular complexity index is 692. The highest BCUT2D eigenvalue weighted by atomic mass is 19.1. The Morgan fingerprint density at radius 3 is 3.00 bits per heavy atom. The van der Waals surface area contributed by atoms with Crippen LogP contribution in [-0.2, 0) is 4.74 Å². The van der Waals surface area contributed by atoms with Crippen LogP contribution in [0.2, 0.25) is 0 Å². The molecule has 0 unspecified atom stereocenters. The molecule has 23 heavy (non-hydrogen) atoms. The molecule has 1 aliphatic heterocycles. The molecule has 0 aliphatic carbocycles. The van der Waals surface area contributed by atoms with Crippen LogP contribution >= 0.6 is 0 Å². The Kier molecular flexibility index (Phi) is 4.62. The average molecular weight is 319 g/mol. The summed E-state index contributed by atoms with van der Waals surface area (Å²) in [7, 11) is 0. The standard InChI is InChI=1S/C17H18FNO4/c1-11-14(6-8-21-11)17(20)19-15-9-12(18)4-5-16(15)23-10-13-3-2-7-22-13/h4-6,8-9,13H,2-3,7,10H2,1H3,(H,19,20)/t13-/m0/s1. The van der Waals surface area contributed by atoms with Crippen molar-refractivity contribution in [3.8, 4) is 5.75 Å². The Hall–Kier alpha value is -2.34. The van der Waals surface area contributed by atoms with Crippen molar-refractivity contribution < 1.29 is 23.1 Å². The maximum Gasteiger partial charge on any atom is 0.259 e. The van der Waals surface area contributed by atoms with Crippen LogP contribution in [0.15, 0.2) is 34.9 Å². The Morgan fingerprint density at radius 2 is 2.30 bits per heavy atom. The van der Waals surface area contributed by atoms with Gasteiger partial charge in [0.1, 0.15) is 23.9 Å². The molecule has 0 saturated carbocycles. The molecule has 1 aromatic carbocycles. The lowest BCUT2D eigenvalue weighted by molar-refractivity contribution is 0.0681. The summed E-state index contributed by atoms with van der Waals surface area (Å²) in [5.74, 6) is 0.0922. The number of nitrogens with one attached hydrogen (secondary N) is 1. The van der Waals surface area contributed by atoms with E-state index >= 15 is 0 Å². The average Bonchev–Trinajstić information content (AvgIpc) is 3.17. The molecule has 1 N–H and O–H groups in total. The van der Waals surface area contributed by atoms with Crippen LogP contribution in [0.25, 0.3) is 0 Å². The van der Waals surface area contributed by atoms with E-state index in [9.17, 15) is 9.18 Å². The highest BCUT2D eigenvalue weighted by molar-refractivity contribution is 6.05. The number of amides is 1. The van der Waals surface area contributed by atoms with E-state index in [1.54, 1.807) is 13.0 Å². The smallest absolute Gasteiger partial charge is 0.259 e. The van der Waals surface area contributed by atoms with E-state index in [4.69, 9.17) is 13.9 Å². The number of ether oxygens (including phenoxy) is 2. The predicted molar refractivity (Wildman–Crippen MR) is 82.3 cm³/mol. The van der Waals surface area contributed by atoms with E-state index in [2.05, 4.69) is 5.32 Å². The molecular formula is C17H18FNO4. The molecule has 0 radical (unpaired) electrons. The minimum Gasteiger partial charge on any atom is -0.489 e. The number of carbonyl (C=O) groups excluding carboxylic acids is 1. The van der Waals surface area contributed by atoms with Crippen LogP contribution in [0.1, 0.15) is 29.0 Å². The van der Waals surface area contributed by atoms with Crippen molar-refractivity contribution in [3.63, 3.8) is 0 Å². The van der Waals surface area contributed by atoms with Crippen molar-refractivity contribution in [1.82, 2.24) is 0 Å². The lowest BCUT2D eigenvalue weighted by Gasteiger charge is -2.15. The van der Waals surface area contributed by atoms with Crippen molar-refractivity contribution in [2.45, 2.75) is 25.9 Å². The van der Waals surface area contributed by atoms with E-state index in [-0.39, 0.29) is 17.7 Å². The number of aryl methyl sites for hydroxylation is 1. The number of anilines is 1. The summed E-state index contributed by atoms with van der Waals surface area (Å²) in [6, 6.07) is 5.60. The fourth-order valence-corrected chi connectivity index (χ4v) is 2.49. The molecular weight excluding hydrogens is 301 g/mol. The molecule has 122 valence electrons. The molecule has 0 bridgehead atoms. The van der Waals surface area contributed by atoms with Gasteiger partial charge in [-0.15, -0.1) is 0 Å². The summed E-state index contributed by atoms with van der Waals surface area (Å²) in [6.07, 6.45) is 3.43. The largest absolute Gasteiger partial charge is 0.489 e. The third-order valence-corrected chi connectivity index (χ3v) is 3.74. The van der Waals surface area contributed by atoms with Crippen LogP contribution in [0.5, 0.6) is 5.75 Å². The van der Waals surface area contributed by atoms with E-state index in [0.717, 1.165) is 19.4 Å². The van der Waals surface area contributed by atoms with Gasteiger partial charge in [-0.05, 0) is 38.0 Å². The first-order valence-electron chi connectivity index (χ1n) is 7.53. The summed E-state index contributed by atoms with van der Waals surface area (Å²) in [6.45, 7) is 2.80. The molecule has 6 heteroatoms. The van der Waals surface area contributed by atoms with Gasteiger partial charge in [0.2, 0.25) is 0 Å². The second-order valence-electron chi connectivity index (χ2n) is 5.43. The number of carbonyl (C=O) groups is 1. The third-order valence-electron chi connectivity index (χ3n) is 3.74. The second-order valence-corrected chi connectivity index (χ2v) is 5.43. The maximum atomic E-state index is 13.5. The van der Waals surface area contributed by atoms with Gasteiger partial charge in [0.15, 0.2) is 0 Å². The van der Waals surface area contributed by atoms with Gasteiger partial charge < -0.3 is 19.2 Å². The molecule has 2 heterocycles. The van der Waals surface area contributed by atoms with Gasteiger partial charge in [-0.1, -0.05) is 0 Å². The van der Waals surface area contributed by atoms with Gasteiger partial charge in [-0.3, -0.25) is 4.79 Å². The number of halogens is 1. The van der Waals surface area contributed by atoms with Gasteiger partial charge in [0.25, 0.3) is 5.91 Å². The Balaban J connectivity index is 1.73. The Labute approximate surface area is 133 Å². The fraction of sp³-hybridized carbons (Fsp3) is 0.353. The molecule has 1 atom stereocenters. The van der Waals surface area contributed by atoms with E-state index in [1.807, 2.05) is 0 Å². The van der Waals surface area contributed by atoms with Crippen LogP contribution in [0.4, 0.5) is 10.1 Å². The van der Waals surface area contributed by atoms with Crippen LogP contribution < -0.4 is 10.1 Å². The van der Waals surface area contributed by atoms with Gasteiger partial charge in [-0.2, -0.15) is 0 Å². The molecule has 1 amide bonds. The van der Waals surface area contributed by atoms with Crippen LogP contribution in [-0.4, -0.2) is 25.2 Å². The molecule has 3 rings (SSSR count). The molecule has 1 fully saturated rings. The number of rotatable bonds is 5. The normalized spacial score (nSPS) is 17.2. The zero-order valence-corrected chi connectivity index (χ0v) is 12.8. The van der Waals surface area contributed by atoms with Crippen molar-refractivity contribution >= 4 is 11.6 Å². The quantitative estimate of drug-likeness (QED) is 0.916. The summed E-state index contributed by atoms with van der Waals surface area (Å²) >= 11 is 0. The molecule has 2 aromatic rings. The van der Waals surface area contributed by atoms with E-state index in [1.165, 1.54) is 24.5 Å². The lowest BCUT2D eigenvalue weighted by atomic mass is 10.2. The Morgan fingerprint density at radius 1 is 1.43 bits per heavy atom. The monoisotopic (exact) mass is 319 g/mol. The highest BCUT2D eigenvalue weighted by Crippen LogP contribution is 2.27. The second kappa shape index (κ2) is 6.83. The third kappa shape index (κ3) is 3.71. The SMILES string of the molecule is Cc1occc1C(=O)Nc1cc(F)ccc1OC[C@@H]1CCCO1. The first kappa shape index (κ1) is 15.6. The first-order valence-corrected chi connectivity index (χ1v) is 7.53. The number of benzene rings is 1. The minimum atomic E-state index is -0.450. The van der Waals surface area contributed by atoms with Crippen LogP contribution in [0, 0.1) is 12.7 Å². The van der Waals surface area contributed by atoms with Crippen molar-refractivity contribution in [2.75, 3.05) is 18.5 Å². The lowest BCUT2D eigenvalue weighted by Crippen LogP contribution is -2.18. The zero-order valence-electron chi connectivity index (χ0n) is 12.8. The summed E-state index contributed by atoms with van der Waals surface area (Å²) in [4.78, 5) is 12.2. The predicted octanol–water partition coefficient (Wildman–Crippen LogP) is 3.54. The summed E-state index contributed by atoms with van der Waals surface area (Å²) in [5.41, 5.74) is 0.688. The van der Waals surface area contributed by atoms with Crippen molar-refractivity contribution in [1.29, 1.82) is 0 Å². The summed E-state index contributed by atoms with van der Waals surface area (Å²) in [5, 5.41) is 2.67. The molecule has 1 aromatic heterocycles. The van der Waals surface area contributed by atoms with Gasteiger partial charge >= 0.3 is 0 Å². The zero-order chi connectivity index (χ0) is 16.2. The van der Waals surface area contributed by atoms with Gasteiger partial charge in [-0.25, -0.2) is 4.39 Å². The topological polar surface area (TPSA) is 60.7 Å².